The third-order valence-corrected chi connectivity index (χ3v) is 4.80. The average molecular weight is 290 g/mol. The first kappa shape index (κ1) is 16.3. The lowest BCUT2D eigenvalue weighted by atomic mass is 9.81. The second-order valence-electron chi connectivity index (χ2n) is 6.41. The SMILES string of the molecule is CCCC(N1CCCCC1)C(C)(N)c1ccc(OC)cc1. The number of hydrogen-bond donors (Lipinski definition) is 1. The first-order valence-electron chi connectivity index (χ1n) is 8.27. The monoisotopic (exact) mass is 290 g/mol. The second-order valence-corrected chi connectivity index (χ2v) is 6.41. The predicted molar refractivity (Wildman–Crippen MR) is 88.7 cm³/mol. The highest BCUT2D eigenvalue weighted by atomic mass is 16.5. The fourth-order valence-electron chi connectivity index (χ4n) is 3.51. The van der Waals surface area contributed by atoms with Crippen LogP contribution < -0.4 is 10.5 Å². The van der Waals surface area contributed by atoms with E-state index in [1.807, 2.05) is 12.1 Å². The molecule has 118 valence electrons. The Kier molecular flexibility index (Phi) is 5.65. The summed E-state index contributed by atoms with van der Waals surface area (Å²) in [6.07, 6.45) is 6.29. The summed E-state index contributed by atoms with van der Waals surface area (Å²) < 4.78 is 5.25. The van der Waals surface area contributed by atoms with Gasteiger partial charge < -0.3 is 10.5 Å². The van der Waals surface area contributed by atoms with Crippen molar-refractivity contribution in [1.82, 2.24) is 4.90 Å². The van der Waals surface area contributed by atoms with E-state index >= 15 is 0 Å². The molecule has 0 bridgehead atoms. The molecule has 1 aliphatic rings. The summed E-state index contributed by atoms with van der Waals surface area (Å²) in [5.74, 6) is 0.888. The van der Waals surface area contributed by atoms with Crippen molar-refractivity contribution in [3.8, 4) is 5.75 Å². The Labute approximate surface area is 129 Å². The fraction of sp³-hybridized carbons (Fsp3) is 0.667. The number of rotatable bonds is 6. The summed E-state index contributed by atoms with van der Waals surface area (Å²) in [5.41, 5.74) is 7.69. The highest BCUT2D eigenvalue weighted by molar-refractivity contribution is 5.32. The lowest BCUT2D eigenvalue weighted by molar-refractivity contribution is 0.0962. The Balaban J connectivity index is 2.22. The van der Waals surface area contributed by atoms with Crippen molar-refractivity contribution >= 4 is 0 Å². The molecular weight excluding hydrogens is 260 g/mol. The zero-order valence-corrected chi connectivity index (χ0v) is 13.8. The minimum absolute atomic E-state index is 0.320. The van der Waals surface area contributed by atoms with E-state index in [0.29, 0.717) is 6.04 Å². The van der Waals surface area contributed by atoms with E-state index < -0.39 is 0 Å². The first-order valence-corrected chi connectivity index (χ1v) is 8.27. The molecule has 2 rings (SSSR count). The quantitative estimate of drug-likeness (QED) is 0.871. The molecule has 0 aromatic heterocycles. The van der Waals surface area contributed by atoms with Gasteiger partial charge in [-0.1, -0.05) is 31.9 Å². The fourth-order valence-corrected chi connectivity index (χ4v) is 3.51. The van der Waals surface area contributed by atoms with E-state index in [4.69, 9.17) is 10.5 Å². The topological polar surface area (TPSA) is 38.5 Å². The van der Waals surface area contributed by atoms with Crippen molar-refractivity contribution < 1.29 is 4.74 Å². The normalized spacial score (nSPS) is 20.8. The van der Waals surface area contributed by atoms with Gasteiger partial charge in [0.25, 0.3) is 0 Å². The Morgan fingerprint density at radius 2 is 1.81 bits per heavy atom. The number of piperidine rings is 1. The van der Waals surface area contributed by atoms with Gasteiger partial charge in [-0.2, -0.15) is 0 Å². The van der Waals surface area contributed by atoms with Crippen molar-refractivity contribution in [3.05, 3.63) is 29.8 Å². The van der Waals surface area contributed by atoms with E-state index in [0.717, 1.165) is 12.2 Å². The van der Waals surface area contributed by atoms with Gasteiger partial charge in [0.15, 0.2) is 0 Å². The predicted octanol–water partition coefficient (Wildman–Crippen LogP) is 3.52. The molecule has 2 atom stereocenters. The largest absolute Gasteiger partial charge is 0.497 e. The molecule has 2 unspecified atom stereocenters. The number of nitrogens with zero attached hydrogens (tertiary/aromatic N) is 1. The third-order valence-electron chi connectivity index (χ3n) is 4.80. The molecule has 1 saturated heterocycles. The summed E-state index contributed by atoms with van der Waals surface area (Å²) >= 11 is 0. The molecule has 2 N–H and O–H groups in total. The van der Waals surface area contributed by atoms with Crippen molar-refractivity contribution in [2.45, 2.75) is 57.5 Å². The molecule has 1 heterocycles. The lowest BCUT2D eigenvalue weighted by Crippen LogP contribution is -2.55. The molecule has 0 radical (unpaired) electrons. The number of nitrogens with two attached hydrogens (primary N) is 1. The smallest absolute Gasteiger partial charge is 0.118 e. The van der Waals surface area contributed by atoms with Crippen molar-refractivity contribution in [3.63, 3.8) is 0 Å². The van der Waals surface area contributed by atoms with E-state index in [-0.39, 0.29) is 5.54 Å². The van der Waals surface area contributed by atoms with Gasteiger partial charge in [0.05, 0.1) is 12.6 Å². The van der Waals surface area contributed by atoms with Gasteiger partial charge >= 0.3 is 0 Å². The Morgan fingerprint density at radius 3 is 2.33 bits per heavy atom. The molecule has 0 amide bonds. The molecule has 3 heteroatoms. The van der Waals surface area contributed by atoms with Crippen LogP contribution in [0.1, 0.15) is 51.5 Å². The molecule has 0 saturated carbocycles. The summed E-state index contributed by atoms with van der Waals surface area (Å²) in [7, 11) is 1.70. The average Bonchev–Trinajstić information content (AvgIpc) is 2.53. The van der Waals surface area contributed by atoms with Crippen LogP contribution in [0.3, 0.4) is 0 Å². The number of ether oxygens (including phenoxy) is 1. The van der Waals surface area contributed by atoms with Crippen LogP contribution in [-0.2, 0) is 5.54 Å². The Bertz CT molecular complexity index is 421. The van der Waals surface area contributed by atoms with Gasteiger partial charge in [-0.25, -0.2) is 0 Å². The van der Waals surface area contributed by atoms with Gasteiger partial charge in [0, 0.05) is 6.04 Å². The maximum atomic E-state index is 6.81. The molecule has 1 aliphatic heterocycles. The first-order chi connectivity index (χ1) is 10.1. The van der Waals surface area contributed by atoms with Crippen molar-refractivity contribution in [1.29, 1.82) is 0 Å². The minimum Gasteiger partial charge on any atom is -0.497 e. The zero-order chi connectivity index (χ0) is 15.3. The van der Waals surface area contributed by atoms with E-state index in [1.54, 1.807) is 7.11 Å². The number of benzene rings is 1. The summed E-state index contributed by atoms with van der Waals surface area (Å²) in [6, 6.07) is 8.67. The van der Waals surface area contributed by atoms with E-state index in [1.165, 1.54) is 44.3 Å². The maximum absolute atomic E-state index is 6.81. The number of hydrogen-bond acceptors (Lipinski definition) is 3. The van der Waals surface area contributed by atoms with Gasteiger partial charge in [-0.3, -0.25) is 4.90 Å². The number of likely N-dealkylation sites (tertiary alicyclic amines) is 1. The van der Waals surface area contributed by atoms with Crippen LogP contribution in [-0.4, -0.2) is 31.1 Å². The molecule has 1 aromatic rings. The molecule has 0 spiro atoms. The lowest BCUT2D eigenvalue weighted by Gasteiger charge is -2.44. The van der Waals surface area contributed by atoms with E-state index in [9.17, 15) is 0 Å². The summed E-state index contributed by atoms with van der Waals surface area (Å²) in [6.45, 7) is 6.81. The van der Waals surface area contributed by atoms with Crippen LogP contribution in [0.4, 0.5) is 0 Å². The molecule has 1 aromatic carbocycles. The molecule has 0 aliphatic carbocycles. The van der Waals surface area contributed by atoms with Crippen LogP contribution in [0, 0.1) is 0 Å². The van der Waals surface area contributed by atoms with Crippen molar-refractivity contribution in [2.75, 3.05) is 20.2 Å². The van der Waals surface area contributed by atoms with Crippen LogP contribution in [0.15, 0.2) is 24.3 Å². The van der Waals surface area contributed by atoms with Gasteiger partial charge in [-0.15, -0.1) is 0 Å². The molecule has 3 nitrogen and oxygen atoms in total. The second kappa shape index (κ2) is 7.28. The summed E-state index contributed by atoms with van der Waals surface area (Å²) in [4.78, 5) is 2.61. The minimum atomic E-state index is -0.320. The van der Waals surface area contributed by atoms with Gasteiger partial charge in [0.2, 0.25) is 0 Å². The van der Waals surface area contributed by atoms with Gasteiger partial charge in [0.1, 0.15) is 5.75 Å². The third kappa shape index (κ3) is 3.78. The highest BCUT2D eigenvalue weighted by Gasteiger charge is 2.36. The molecule has 21 heavy (non-hydrogen) atoms. The maximum Gasteiger partial charge on any atom is 0.118 e. The van der Waals surface area contributed by atoms with Crippen LogP contribution in [0.25, 0.3) is 0 Å². The summed E-state index contributed by atoms with van der Waals surface area (Å²) in [5, 5.41) is 0. The van der Waals surface area contributed by atoms with Gasteiger partial charge in [-0.05, 0) is 57.0 Å². The standard InChI is InChI=1S/C18H30N2O/c1-4-8-17(20-13-6-5-7-14-20)18(2,19)15-9-11-16(21-3)12-10-15/h9-12,17H,4-8,13-14,19H2,1-3H3. The molecule has 1 fully saturated rings. The highest BCUT2D eigenvalue weighted by Crippen LogP contribution is 2.31. The van der Waals surface area contributed by atoms with Crippen LogP contribution in [0.2, 0.25) is 0 Å². The van der Waals surface area contributed by atoms with E-state index in [2.05, 4.69) is 30.9 Å². The Morgan fingerprint density at radius 1 is 1.19 bits per heavy atom. The number of methoxy groups -OCH3 is 1. The Hall–Kier alpha value is -1.06. The van der Waals surface area contributed by atoms with Crippen LogP contribution in [0.5, 0.6) is 5.75 Å². The van der Waals surface area contributed by atoms with Crippen LogP contribution >= 0.6 is 0 Å². The molecular formula is C18H30N2O. The van der Waals surface area contributed by atoms with Crippen molar-refractivity contribution in [2.24, 2.45) is 5.73 Å². The zero-order valence-electron chi connectivity index (χ0n) is 13.8.